The number of aromatic nitrogens is 5. The molecule has 10 nitrogen and oxygen atoms in total. The zero-order valence-electron chi connectivity index (χ0n) is 24.1. The average molecular weight is 575 g/mol. The third-order valence-corrected chi connectivity index (χ3v) is 8.14. The minimum Gasteiger partial charge on any atom is -0.377 e. The van der Waals surface area contributed by atoms with Crippen molar-refractivity contribution in [1.29, 1.82) is 0 Å². The first kappa shape index (κ1) is 28.5. The lowest BCUT2D eigenvalue weighted by Crippen LogP contribution is -2.32. The van der Waals surface area contributed by atoms with Gasteiger partial charge < -0.3 is 16.0 Å². The number of aryl methyl sites for hydroxylation is 2. The van der Waals surface area contributed by atoms with E-state index in [-0.39, 0.29) is 22.4 Å². The lowest BCUT2D eigenvalue weighted by molar-refractivity contribution is 0.0996. The van der Waals surface area contributed by atoms with Crippen LogP contribution in [0.1, 0.15) is 65.7 Å². The van der Waals surface area contributed by atoms with Crippen LogP contribution in [0.3, 0.4) is 0 Å². The largest absolute Gasteiger partial charge is 0.377 e. The number of carbonyl (C=O) groups is 1. The molecule has 3 atom stereocenters. The number of hydrogen-bond acceptors (Lipinski definition) is 8. The van der Waals surface area contributed by atoms with E-state index < -0.39 is 5.91 Å². The second-order valence-corrected chi connectivity index (χ2v) is 11.0. The normalized spacial score (nSPS) is 19.8. The Morgan fingerprint density at radius 2 is 1.76 bits per heavy atom. The van der Waals surface area contributed by atoms with Crippen molar-refractivity contribution in [3.63, 3.8) is 0 Å². The number of rotatable bonds is 6. The first-order valence-corrected chi connectivity index (χ1v) is 14.3. The predicted octanol–water partition coefficient (Wildman–Crippen LogP) is 4.54. The number of benzene rings is 1. The highest BCUT2D eigenvalue weighted by molar-refractivity contribution is 6.29. The van der Waals surface area contributed by atoms with Crippen LogP contribution in [0.5, 0.6) is 0 Å². The zero-order valence-corrected chi connectivity index (χ0v) is 24.9. The van der Waals surface area contributed by atoms with Crippen molar-refractivity contribution in [2.75, 3.05) is 23.3 Å². The fraction of sp³-hybridized carbons (Fsp3) is 0.400. The van der Waals surface area contributed by atoms with Gasteiger partial charge in [0, 0.05) is 38.1 Å². The monoisotopic (exact) mass is 574 g/mol. The van der Waals surface area contributed by atoms with Crippen LogP contribution in [0.2, 0.25) is 5.15 Å². The molecule has 214 valence electrons. The van der Waals surface area contributed by atoms with E-state index in [1.54, 1.807) is 23.7 Å². The van der Waals surface area contributed by atoms with E-state index in [2.05, 4.69) is 25.2 Å². The van der Waals surface area contributed by atoms with Gasteiger partial charge in [-0.15, -0.1) is 0 Å². The highest BCUT2D eigenvalue weighted by atomic mass is 35.5. The van der Waals surface area contributed by atoms with Gasteiger partial charge in [0.2, 0.25) is 5.95 Å². The van der Waals surface area contributed by atoms with Crippen LogP contribution < -0.4 is 21.5 Å². The number of pyridine rings is 1. The number of halogens is 1. The molecule has 1 aliphatic heterocycles. The Labute approximate surface area is 244 Å². The molecule has 11 heteroatoms. The van der Waals surface area contributed by atoms with Gasteiger partial charge in [-0.05, 0) is 67.9 Å². The summed E-state index contributed by atoms with van der Waals surface area (Å²) in [7, 11) is 1.78. The molecular weight excluding hydrogens is 540 g/mol. The molecule has 1 saturated heterocycles. The summed E-state index contributed by atoms with van der Waals surface area (Å²) in [6, 6.07) is 6.85. The van der Waals surface area contributed by atoms with Crippen molar-refractivity contribution in [2.45, 2.75) is 46.6 Å². The Hall–Kier alpha value is -4.05. The molecule has 3 aromatic heterocycles. The Morgan fingerprint density at radius 3 is 2.39 bits per heavy atom. The molecular formula is C30H35ClN8O2. The second kappa shape index (κ2) is 11.1. The van der Waals surface area contributed by atoms with Crippen LogP contribution in [0, 0.1) is 25.7 Å². The molecule has 4 heterocycles. The summed E-state index contributed by atoms with van der Waals surface area (Å²) in [6.07, 6.45) is 3.87. The van der Waals surface area contributed by atoms with Gasteiger partial charge >= 0.3 is 0 Å². The molecule has 1 saturated carbocycles. The van der Waals surface area contributed by atoms with E-state index in [4.69, 9.17) is 22.3 Å². The van der Waals surface area contributed by atoms with Gasteiger partial charge in [-0.2, -0.15) is 0 Å². The molecule has 41 heavy (non-hydrogen) atoms. The van der Waals surface area contributed by atoms with Crippen LogP contribution in [0.25, 0.3) is 10.9 Å². The molecule has 2 aliphatic rings. The maximum Gasteiger partial charge on any atom is 0.269 e. The van der Waals surface area contributed by atoms with Crippen molar-refractivity contribution in [2.24, 2.45) is 24.6 Å². The summed E-state index contributed by atoms with van der Waals surface area (Å²) in [6.45, 7) is 11.4. The average Bonchev–Trinajstić information content (AvgIpc) is 3.45. The molecule has 3 N–H and O–H groups in total. The molecule has 1 amide bonds. The van der Waals surface area contributed by atoms with Crippen molar-refractivity contribution >= 4 is 40.0 Å². The van der Waals surface area contributed by atoms with E-state index in [1.807, 2.05) is 59.1 Å². The van der Waals surface area contributed by atoms with E-state index in [1.165, 1.54) is 5.56 Å². The first-order chi connectivity index (χ1) is 19.6. The van der Waals surface area contributed by atoms with Gasteiger partial charge in [-0.25, -0.2) is 19.9 Å². The molecule has 1 aromatic carbocycles. The molecule has 6 rings (SSSR count). The molecule has 4 aromatic rings. The number of anilines is 2. The van der Waals surface area contributed by atoms with Crippen LogP contribution in [0.15, 0.2) is 41.5 Å². The number of nitrogens with two attached hydrogens (primary N) is 1. The molecule has 2 fully saturated rings. The van der Waals surface area contributed by atoms with Crippen molar-refractivity contribution in [3.05, 3.63) is 80.4 Å². The Morgan fingerprint density at radius 1 is 1.10 bits per heavy atom. The molecule has 3 unspecified atom stereocenters. The van der Waals surface area contributed by atoms with E-state index in [0.717, 1.165) is 30.0 Å². The van der Waals surface area contributed by atoms with Crippen LogP contribution in [-0.2, 0) is 7.05 Å². The van der Waals surface area contributed by atoms with Gasteiger partial charge in [-0.1, -0.05) is 31.5 Å². The lowest BCUT2D eigenvalue weighted by atomic mass is 10.0. The highest BCUT2D eigenvalue weighted by Gasteiger charge is 2.57. The number of hydrogen-bond donors (Lipinski definition) is 2. The number of nitrogens with one attached hydrogen (secondary N) is 1. The summed E-state index contributed by atoms with van der Waals surface area (Å²) in [5.74, 6) is 2.18. The summed E-state index contributed by atoms with van der Waals surface area (Å²) in [5.41, 5.74) is 9.55. The third kappa shape index (κ3) is 5.24. The summed E-state index contributed by atoms with van der Waals surface area (Å²) < 4.78 is 1.65. The van der Waals surface area contributed by atoms with Crippen molar-refractivity contribution < 1.29 is 4.79 Å². The first-order valence-electron chi connectivity index (χ1n) is 13.9. The Balaban J connectivity index is 0.00000165. The van der Waals surface area contributed by atoms with Crippen molar-refractivity contribution in [1.82, 2.24) is 24.5 Å². The number of primary amides is 1. The van der Waals surface area contributed by atoms with E-state index in [0.29, 0.717) is 40.3 Å². The standard InChI is InChI=1S/C28H29ClN8O2.C2H6/c1-13-7-17(14(2)33-21-5-6-22(29)34-25(21)26(30)38)24-18(8-13)27(39)36(4)28(35-24)37-11-19-20(12-37)23(19)16-9-31-15(3)32-10-16;1-2/h5-10,14,19-20,23,33H,11-12H2,1-4H3,(H2,30,38);1-2H3. The number of piperidine rings is 1. The molecule has 0 radical (unpaired) electrons. The topological polar surface area (TPSA) is 132 Å². The summed E-state index contributed by atoms with van der Waals surface area (Å²) >= 11 is 5.98. The predicted molar refractivity (Wildman–Crippen MR) is 162 cm³/mol. The Bertz CT molecular complexity index is 1680. The van der Waals surface area contributed by atoms with Gasteiger partial charge in [-0.3, -0.25) is 14.2 Å². The summed E-state index contributed by atoms with van der Waals surface area (Å²) in [4.78, 5) is 45.6. The van der Waals surface area contributed by atoms with Crippen LogP contribution in [-0.4, -0.2) is 43.5 Å². The molecule has 0 bridgehead atoms. The number of nitrogens with zero attached hydrogens (tertiary/aromatic N) is 6. The smallest absolute Gasteiger partial charge is 0.269 e. The molecule has 0 spiro atoms. The van der Waals surface area contributed by atoms with Gasteiger partial charge in [0.25, 0.3) is 11.5 Å². The van der Waals surface area contributed by atoms with E-state index >= 15 is 0 Å². The second-order valence-electron chi connectivity index (χ2n) is 10.6. The fourth-order valence-corrected chi connectivity index (χ4v) is 6.11. The number of carbonyl (C=O) groups excluding carboxylic acids is 1. The minimum atomic E-state index is -0.682. The third-order valence-electron chi connectivity index (χ3n) is 7.93. The quantitative estimate of drug-likeness (QED) is 0.321. The SMILES string of the molecule is CC.Cc1cc(C(C)Nc2ccc(Cl)nc2C(N)=O)c2nc(N3CC4C(C3)C4c3cnc(C)nc3)n(C)c(=O)c2c1. The lowest BCUT2D eigenvalue weighted by Gasteiger charge is -2.25. The maximum atomic E-state index is 13.6. The number of fused-ring (bicyclic) bond motifs is 2. The van der Waals surface area contributed by atoms with Gasteiger partial charge in [0.05, 0.1) is 22.6 Å². The van der Waals surface area contributed by atoms with Crippen molar-refractivity contribution in [3.8, 4) is 0 Å². The maximum absolute atomic E-state index is 13.6. The van der Waals surface area contributed by atoms with E-state index in [9.17, 15) is 9.59 Å². The fourth-order valence-electron chi connectivity index (χ4n) is 5.96. The number of amides is 1. The highest BCUT2D eigenvalue weighted by Crippen LogP contribution is 2.58. The Kier molecular flexibility index (Phi) is 7.70. The molecule has 1 aliphatic carbocycles. The van der Waals surface area contributed by atoms with Crippen LogP contribution in [0.4, 0.5) is 11.6 Å². The van der Waals surface area contributed by atoms with Gasteiger partial charge in [0.1, 0.15) is 11.0 Å². The van der Waals surface area contributed by atoms with Crippen LogP contribution >= 0.6 is 11.6 Å². The van der Waals surface area contributed by atoms with Gasteiger partial charge in [0.15, 0.2) is 5.69 Å². The zero-order chi connectivity index (χ0) is 29.6. The summed E-state index contributed by atoms with van der Waals surface area (Å²) in [5, 5.41) is 4.05. The minimum absolute atomic E-state index is 0.0562.